The number of anilines is 2. The molecule has 0 aliphatic carbocycles. The number of furan rings is 1. The van der Waals surface area contributed by atoms with E-state index in [4.69, 9.17) is 4.42 Å². The topological polar surface area (TPSA) is 106 Å². The van der Waals surface area contributed by atoms with Gasteiger partial charge in [-0.1, -0.05) is 0 Å². The molecule has 19 heavy (non-hydrogen) atoms. The number of hydrogen-bond acceptors (Lipinski definition) is 7. The van der Waals surface area contributed by atoms with Crippen LogP contribution in [0, 0.1) is 17.0 Å². The molecule has 0 aliphatic heterocycles. The summed E-state index contributed by atoms with van der Waals surface area (Å²) in [6.45, 7) is 1.88. The van der Waals surface area contributed by atoms with Crippen LogP contribution in [0.1, 0.15) is 11.5 Å². The lowest BCUT2D eigenvalue weighted by Gasteiger charge is -2.08. The van der Waals surface area contributed by atoms with Gasteiger partial charge in [0.2, 0.25) is 11.8 Å². The van der Waals surface area contributed by atoms with Crippen molar-refractivity contribution in [2.24, 2.45) is 0 Å². The lowest BCUT2D eigenvalue weighted by molar-refractivity contribution is -0.385. The zero-order valence-electron chi connectivity index (χ0n) is 10.5. The van der Waals surface area contributed by atoms with Gasteiger partial charge in [-0.25, -0.2) is 4.98 Å². The third-order valence-corrected chi connectivity index (χ3v) is 2.47. The fourth-order valence-electron chi connectivity index (χ4n) is 1.60. The maximum absolute atomic E-state index is 11.0. The molecule has 0 unspecified atom stereocenters. The Labute approximate surface area is 109 Å². The Morgan fingerprint density at radius 2 is 2.26 bits per heavy atom. The molecule has 0 atom stereocenters. The van der Waals surface area contributed by atoms with Gasteiger partial charge in [-0.3, -0.25) is 10.1 Å². The highest BCUT2D eigenvalue weighted by Crippen LogP contribution is 2.26. The van der Waals surface area contributed by atoms with Gasteiger partial charge >= 0.3 is 5.69 Å². The molecular weight excluding hydrogens is 250 g/mol. The molecule has 0 aromatic carbocycles. The monoisotopic (exact) mass is 263 g/mol. The molecule has 2 aromatic rings. The van der Waals surface area contributed by atoms with Crippen LogP contribution < -0.4 is 10.6 Å². The number of nitrogens with zero attached hydrogens (tertiary/aromatic N) is 3. The molecule has 0 saturated heterocycles. The van der Waals surface area contributed by atoms with E-state index in [9.17, 15) is 10.1 Å². The van der Waals surface area contributed by atoms with Crippen LogP contribution in [0.3, 0.4) is 0 Å². The molecule has 100 valence electrons. The molecule has 2 rings (SSSR count). The van der Waals surface area contributed by atoms with Crippen molar-refractivity contribution >= 4 is 17.5 Å². The van der Waals surface area contributed by atoms with Gasteiger partial charge in [0.25, 0.3) is 0 Å². The van der Waals surface area contributed by atoms with Gasteiger partial charge in [0.1, 0.15) is 11.5 Å². The molecule has 0 aliphatic rings. The first-order valence-corrected chi connectivity index (χ1v) is 5.59. The summed E-state index contributed by atoms with van der Waals surface area (Å²) in [4.78, 5) is 18.6. The van der Waals surface area contributed by atoms with Crippen molar-refractivity contribution in [2.45, 2.75) is 13.5 Å². The zero-order chi connectivity index (χ0) is 13.8. The van der Waals surface area contributed by atoms with Crippen molar-refractivity contribution in [1.29, 1.82) is 0 Å². The fraction of sp³-hybridized carbons (Fsp3) is 0.273. The zero-order valence-corrected chi connectivity index (χ0v) is 10.5. The van der Waals surface area contributed by atoms with Crippen LogP contribution in [0.25, 0.3) is 0 Å². The number of rotatable bonds is 5. The predicted molar refractivity (Wildman–Crippen MR) is 69.0 cm³/mol. The van der Waals surface area contributed by atoms with Crippen molar-refractivity contribution in [3.63, 3.8) is 0 Å². The molecular formula is C11H13N5O3. The summed E-state index contributed by atoms with van der Waals surface area (Å²) >= 11 is 0. The van der Waals surface area contributed by atoms with E-state index >= 15 is 0 Å². The SMILES string of the molecule is CNc1nc(C)c([N+](=O)[O-])c(NCc2ccco2)n1. The average molecular weight is 263 g/mol. The molecule has 2 N–H and O–H groups in total. The third kappa shape index (κ3) is 2.79. The Hall–Kier alpha value is -2.64. The summed E-state index contributed by atoms with van der Waals surface area (Å²) in [6.07, 6.45) is 1.54. The largest absolute Gasteiger partial charge is 0.467 e. The van der Waals surface area contributed by atoms with E-state index in [1.54, 1.807) is 26.1 Å². The summed E-state index contributed by atoms with van der Waals surface area (Å²) in [5.74, 6) is 1.15. The highest BCUT2D eigenvalue weighted by molar-refractivity contribution is 5.60. The Morgan fingerprint density at radius 1 is 1.47 bits per heavy atom. The van der Waals surface area contributed by atoms with Crippen molar-refractivity contribution in [3.8, 4) is 0 Å². The molecule has 8 heteroatoms. The Balaban J connectivity index is 2.30. The van der Waals surface area contributed by atoms with Crippen LogP contribution in [0.4, 0.5) is 17.5 Å². The van der Waals surface area contributed by atoms with Gasteiger partial charge in [0.15, 0.2) is 0 Å². The standard InChI is InChI=1S/C11H13N5O3/c1-7-9(16(17)18)10(15-11(12-2)14-7)13-6-8-4-3-5-19-8/h3-5H,6H2,1-2H3,(H2,12,13,14,15). The first-order valence-electron chi connectivity index (χ1n) is 5.59. The van der Waals surface area contributed by atoms with Crippen LogP contribution in [0.2, 0.25) is 0 Å². The van der Waals surface area contributed by atoms with Crippen LogP contribution in [0.15, 0.2) is 22.8 Å². The third-order valence-electron chi connectivity index (χ3n) is 2.47. The molecule has 2 heterocycles. The summed E-state index contributed by atoms with van der Waals surface area (Å²) in [7, 11) is 1.65. The molecule has 2 aromatic heterocycles. The van der Waals surface area contributed by atoms with Gasteiger partial charge in [0, 0.05) is 7.05 Å². The van der Waals surface area contributed by atoms with Crippen molar-refractivity contribution in [1.82, 2.24) is 9.97 Å². The second kappa shape index (κ2) is 5.34. The number of nitro groups is 1. The van der Waals surface area contributed by atoms with Gasteiger partial charge in [-0.05, 0) is 19.1 Å². The number of nitrogens with one attached hydrogen (secondary N) is 2. The summed E-state index contributed by atoms with van der Waals surface area (Å²) in [5.41, 5.74) is 0.164. The Morgan fingerprint density at radius 3 is 2.84 bits per heavy atom. The first-order chi connectivity index (χ1) is 9.11. The van der Waals surface area contributed by atoms with Crippen LogP contribution >= 0.6 is 0 Å². The first kappa shape index (κ1) is 12.8. The molecule has 0 radical (unpaired) electrons. The average Bonchev–Trinajstić information content (AvgIpc) is 2.88. The predicted octanol–water partition coefficient (Wildman–Crippen LogP) is 1.94. The van der Waals surface area contributed by atoms with E-state index in [0.29, 0.717) is 23.9 Å². The summed E-state index contributed by atoms with van der Waals surface area (Å²) in [6, 6.07) is 3.52. The minimum absolute atomic E-state index is 0.134. The minimum Gasteiger partial charge on any atom is -0.467 e. The fourth-order valence-corrected chi connectivity index (χ4v) is 1.60. The minimum atomic E-state index is -0.501. The normalized spacial score (nSPS) is 10.2. The van der Waals surface area contributed by atoms with Gasteiger partial charge < -0.3 is 15.1 Å². The smallest absolute Gasteiger partial charge is 0.332 e. The van der Waals surface area contributed by atoms with Crippen molar-refractivity contribution in [2.75, 3.05) is 17.7 Å². The maximum atomic E-state index is 11.0. The Kier molecular flexibility index (Phi) is 3.60. The number of aryl methyl sites for hydroxylation is 1. The molecule has 0 bridgehead atoms. The van der Waals surface area contributed by atoms with E-state index in [1.807, 2.05) is 0 Å². The van der Waals surface area contributed by atoms with Crippen LogP contribution in [0.5, 0.6) is 0 Å². The number of hydrogen-bond donors (Lipinski definition) is 2. The summed E-state index contributed by atoms with van der Waals surface area (Å²) < 4.78 is 5.15. The molecule has 8 nitrogen and oxygen atoms in total. The van der Waals surface area contributed by atoms with Gasteiger partial charge in [-0.2, -0.15) is 4.98 Å². The van der Waals surface area contributed by atoms with E-state index in [-0.39, 0.29) is 11.5 Å². The quantitative estimate of drug-likeness (QED) is 0.627. The Bertz CT molecular complexity index is 582. The molecule has 0 spiro atoms. The summed E-state index contributed by atoms with van der Waals surface area (Å²) in [5, 5.41) is 16.7. The van der Waals surface area contributed by atoms with Crippen LogP contribution in [-0.4, -0.2) is 21.9 Å². The second-order valence-electron chi connectivity index (χ2n) is 3.77. The maximum Gasteiger partial charge on any atom is 0.332 e. The lowest BCUT2D eigenvalue weighted by Crippen LogP contribution is -2.09. The number of aromatic nitrogens is 2. The molecule has 0 fully saturated rings. The van der Waals surface area contributed by atoms with Crippen molar-refractivity contribution < 1.29 is 9.34 Å². The molecule has 0 saturated carbocycles. The lowest BCUT2D eigenvalue weighted by atomic mass is 10.3. The van der Waals surface area contributed by atoms with E-state index in [1.165, 1.54) is 6.26 Å². The van der Waals surface area contributed by atoms with Crippen LogP contribution in [-0.2, 0) is 6.54 Å². The highest BCUT2D eigenvalue weighted by Gasteiger charge is 2.21. The van der Waals surface area contributed by atoms with Crippen molar-refractivity contribution in [3.05, 3.63) is 40.0 Å². The van der Waals surface area contributed by atoms with E-state index in [0.717, 1.165) is 0 Å². The van der Waals surface area contributed by atoms with Gasteiger partial charge in [-0.15, -0.1) is 0 Å². The second-order valence-corrected chi connectivity index (χ2v) is 3.77. The van der Waals surface area contributed by atoms with E-state index in [2.05, 4.69) is 20.6 Å². The van der Waals surface area contributed by atoms with E-state index < -0.39 is 4.92 Å². The highest BCUT2D eigenvalue weighted by atomic mass is 16.6. The molecule has 0 amide bonds. The van der Waals surface area contributed by atoms with Gasteiger partial charge in [0.05, 0.1) is 17.7 Å².